The normalized spacial score (nSPS) is 15.5. The minimum absolute atomic E-state index is 0.283. The van der Waals surface area contributed by atoms with Crippen molar-refractivity contribution in [2.45, 2.75) is 18.8 Å². The lowest BCUT2D eigenvalue weighted by Crippen LogP contribution is -2.35. The fraction of sp³-hybridized carbons (Fsp3) is 0.421. The Morgan fingerprint density at radius 1 is 1.29 bits per heavy atom. The van der Waals surface area contributed by atoms with Crippen molar-refractivity contribution < 1.29 is 33.5 Å². The van der Waals surface area contributed by atoms with E-state index in [1.165, 1.54) is 12.1 Å². The number of nitrogens with zero attached hydrogens (tertiary/aromatic N) is 2. The molecule has 0 spiro atoms. The maximum absolute atomic E-state index is 13.2. The second-order valence-corrected chi connectivity index (χ2v) is 6.33. The van der Waals surface area contributed by atoms with Crippen LogP contribution in [0.25, 0.3) is 11.0 Å². The van der Waals surface area contributed by atoms with Gasteiger partial charge in [0.1, 0.15) is 5.82 Å². The quantitative estimate of drug-likeness (QED) is 0.719. The first-order valence-electron chi connectivity index (χ1n) is 8.80. The molecule has 9 heteroatoms. The Kier molecular flexibility index (Phi) is 8.09. The number of carboxylic acid groups (broad SMARTS) is 2. The minimum Gasteiger partial charge on any atom is -0.478 e. The average molecular weight is 394 g/mol. The van der Waals surface area contributed by atoms with Crippen LogP contribution < -0.4 is 0 Å². The van der Waals surface area contributed by atoms with Gasteiger partial charge in [-0.2, -0.15) is 0 Å². The first-order valence-corrected chi connectivity index (χ1v) is 8.80. The number of benzene rings is 1. The summed E-state index contributed by atoms with van der Waals surface area (Å²) in [5.41, 5.74) is 1.52. The first kappa shape index (κ1) is 21.5. The summed E-state index contributed by atoms with van der Waals surface area (Å²) in [5.74, 6) is -2.39. The number of carbonyl (C=O) groups is 2. The van der Waals surface area contributed by atoms with Gasteiger partial charge < -0.3 is 24.4 Å². The van der Waals surface area contributed by atoms with Crippen LogP contribution in [-0.2, 0) is 14.3 Å². The summed E-state index contributed by atoms with van der Waals surface area (Å²) in [5, 5.41) is 20.7. The lowest BCUT2D eigenvalue weighted by atomic mass is 9.91. The number of carboxylic acids is 2. The molecule has 1 aromatic heterocycles. The second kappa shape index (κ2) is 10.5. The van der Waals surface area contributed by atoms with Gasteiger partial charge in [0.15, 0.2) is 5.58 Å². The standard InChI is InChI=1S/C15H19FN2O2.C4H4O4/c1-19-9-8-18-6-4-11(5-7-18)15-13-3-2-12(16)10-14(13)20-17-15;5-3(6)1-2-4(7)8/h2-3,10-11H,4-9H2,1H3;1-2H,(H,5,6)(H,7,8). The van der Waals surface area contributed by atoms with Crippen LogP contribution >= 0.6 is 0 Å². The predicted octanol–water partition coefficient (Wildman–Crippen LogP) is 2.50. The van der Waals surface area contributed by atoms with E-state index in [2.05, 4.69) is 10.1 Å². The molecule has 1 aromatic carbocycles. The summed E-state index contributed by atoms with van der Waals surface area (Å²) < 4.78 is 23.5. The van der Waals surface area contributed by atoms with Crippen molar-refractivity contribution in [1.82, 2.24) is 10.1 Å². The molecular weight excluding hydrogens is 371 g/mol. The maximum atomic E-state index is 13.2. The van der Waals surface area contributed by atoms with Crippen molar-refractivity contribution in [2.75, 3.05) is 33.4 Å². The van der Waals surface area contributed by atoms with Crippen LogP contribution in [0.15, 0.2) is 34.9 Å². The van der Waals surface area contributed by atoms with Crippen LogP contribution in [-0.4, -0.2) is 65.6 Å². The molecule has 2 N–H and O–H groups in total. The van der Waals surface area contributed by atoms with Crippen molar-refractivity contribution in [1.29, 1.82) is 0 Å². The summed E-state index contributed by atoms with van der Waals surface area (Å²) in [4.78, 5) is 21.5. The lowest BCUT2D eigenvalue weighted by Gasteiger charge is -2.30. The van der Waals surface area contributed by atoms with Crippen molar-refractivity contribution in [2.24, 2.45) is 0 Å². The van der Waals surface area contributed by atoms with Crippen LogP contribution in [0.5, 0.6) is 0 Å². The SMILES string of the molecule is COCCN1CCC(c2noc3cc(F)ccc23)CC1.O=C(O)C=CC(=O)O. The Bertz CT molecular complexity index is 811. The zero-order valence-corrected chi connectivity index (χ0v) is 15.5. The number of piperidine rings is 1. The molecule has 0 aliphatic carbocycles. The number of hydrogen-bond acceptors (Lipinski definition) is 6. The molecule has 28 heavy (non-hydrogen) atoms. The van der Waals surface area contributed by atoms with Gasteiger partial charge in [-0.1, -0.05) is 5.16 Å². The van der Waals surface area contributed by atoms with E-state index in [9.17, 15) is 14.0 Å². The van der Waals surface area contributed by atoms with Gasteiger partial charge in [0.05, 0.1) is 12.3 Å². The maximum Gasteiger partial charge on any atom is 0.328 e. The summed E-state index contributed by atoms with van der Waals surface area (Å²) in [6.45, 7) is 3.85. The van der Waals surface area contributed by atoms with Crippen LogP contribution in [0.4, 0.5) is 4.39 Å². The molecule has 1 aliphatic rings. The monoisotopic (exact) mass is 394 g/mol. The number of aliphatic carboxylic acids is 2. The van der Waals surface area contributed by atoms with E-state index < -0.39 is 11.9 Å². The van der Waals surface area contributed by atoms with Crippen LogP contribution in [0.2, 0.25) is 0 Å². The molecule has 3 rings (SSSR count). The molecule has 1 saturated heterocycles. The van der Waals surface area contributed by atoms with Gasteiger partial charge in [-0.05, 0) is 38.1 Å². The molecule has 0 unspecified atom stereocenters. The fourth-order valence-electron chi connectivity index (χ4n) is 3.02. The van der Waals surface area contributed by atoms with Crippen molar-refractivity contribution >= 4 is 22.9 Å². The molecule has 0 atom stereocenters. The number of halogens is 1. The van der Waals surface area contributed by atoms with Gasteiger partial charge in [0.2, 0.25) is 0 Å². The third-order valence-corrected chi connectivity index (χ3v) is 4.42. The molecule has 2 aromatic rings. The minimum atomic E-state index is -1.26. The topological polar surface area (TPSA) is 113 Å². The van der Waals surface area contributed by atoms with E-state index in [-0.39, 0.29) is 5.82 Å². The molecule has 8 nitrogen and oxygen atoms in total. The Morgan fingerprint density at radius 3 is 2.50 bits per heavy atom. The van der Waals surface area contributed by atoms with E-state index >= 15 is 0 Å². The molecule has 0 radical (unpaired) electrons. The highest BCUT2D eigenvalue weighted by atomic mass is 19.1. The number of ether oxygens (including phenoxy) is 1. The number of hydrogen-bond donors (Lipinski definition) is 2. The van der Waals surface area contributed by atoms with E-state index in [0.29, 0.717) is 23.7 Å². The lowest BCUT2D eigenvalue weighted by molar-refractivity contribution is -0.134. The Balaban J connectivity index is 0.000000300. The molecule has 0 amide bonds. The fourth-order valence-corrected chi connectivity index (χ4v) is 3.02. The second-order valence-electron chi connectivity index (χ2n) is 6.33. The highest BCUT2D eigenvalue weighted by Gasteiger charge is 2.24. The molecular formula is C19H23FN2O6. The van der Waals surface area contributed by atoms with Gasteiger partial charge in [0.25, 0.3) is 0 Å². The highest BCUT2D eigenvalue weighted by Crippen LogP contribution is 2.32. The third kappa shape index (κ3) is 6.43. The zero-order chi connectivity index (χ0) is 20.5. The summed E-state index contributed by atoms with van der Waals surface area (Å²) in [6, 6.07) is 4.64. The number of likely N-dealkylation sites (tertiary alicyclic amines) is 1. The highest BCUT2D eigenvalue weighted by molar-refractivity contribution is 5.89. The summed E-state index contributed by atoms with van der Waals surface area (Å²) in [7, 11) is 1.73. The largest absolute Gasteiger partial charge is 0.478 e. The summed E-state index contributed by atoms with van der Waals surface area (Å²) in [6.07, 6.45) is 3.23. The molecule has 1 aliphatic heterocycles. The molecule has 0 saturated carbocycles. The smallest absolute Gasteiger partial charge is 0.328 e. The van der Waals surface area contributed by atoms with Crippen LogP contribution in [0, 0.1) is 5.82 Å². The van der Waals surface area contributed by atoms with E-state index in [0.717, 1.165) is 50.2 Å². The van der Waals surface area contributed by atoms with Crippen LogP contribution in [0.3, 0.4) is 0 Å². The number of rotatable bonds is 6. The van der Waals surface area contributed by atoms with E-state index in [4.69, 9.17) is 19.5 Å². The molecule has 152 valence electrons. The summed E-state index contributed by atoms with van der Waals surface area (Å²) >= 11 is 0. The number of fused-ring (bicyclic) bond motifs is 1. The number of aromatic nitrogens is 1. The third-order valence-electron chi connectivity index (χ3n) is 4.42. The van der Waals surface area contributed by atoms with Gasteiger partial charge in [0, 0.05) is 43.2 Å². The van der Waals surface area contributed by atoms with Gasteiger partial charge in [-0.3, -0.25) is 0 Å². The van der Waals surface area contributed by atoms with E-state index in [1.54, 1.807) is 13.2 Å². The molecule has 0 bridgehead atoms. The van der Waals surface area contributed by atoms with Crippen molar-refractivity contribution in [3.63, 3.8) is 0 Å². The van der Waals surface area contributed by atoms with Gasteiger partial charge >= 0.3 is 11.9 Å². The molecule has 2 heterocycles. The average Bonchev–Trinajstić information content (AvgIpc) is 3.08. The number of methoxy groups -OCH3 is 1. The van der Waals surface area contributed by atoms with Gasteiger partial charge in [-0.25, -0.2) is 14.0 Å². The van der Waals surface area contributed by atoms with Gasteiger partial charge in [-0.15, -0.1) is 0 Å². The zero-order valence-electron chi connectivity index (χ0n) is 15.5. The van der Waals surface area contributed by atoms with Crippen molar-refractivity contribution in [3.05, 3.63) is 41.9 Å². The van der Waals surface area contributed by atoms with E-state index in [1.807, 2.05) is 0 Å². The first-order chi connectivity index (χ1) is 13.4. The Morgan fingerprint density at radius 2 is 1.93 bits per heavy atom. The Hall–Kier alpha value is -2.78. The Labute approximate surface area is 161 Å². The molecule has 1 fully saturated rings. The van der Waals surface area contributed by atoms with Crippen LogP contribution in [0.1, 0.15) is 24.5 Å². The van der Waals surface area contributed by atoms with Crippen molar-refractivity contribution in [3.8, 4) is 0 Å². The predicted molar refractivity (Wildman–Crippen MR) is 98.7 cm³/mol.